The average molecular weight is 264 g/mol. The van der Waals surface area contributed by atoms with Gasteiger partial charge in [0.05, 0.1) is 18.0 Å². The standard InChI is InChI=1S/C15H24N2O2/c1-11(10-18-2)17-15-9-13(3-4-14(15)16)12-5-7-19-8-6-12/h3-4,9,11-12,17H,5-8,10,16H2,1-2H3/t11-/m0/s1. The van der Waals surface area contributed by atoms with Crippen LogP contribution in [0.5, 0.6) is 0 Å². The average Bonchev–Trinajstić information content (AvgIpc) is 2.42. The number of nitrogen functional groups attached to an aromatic ring is 1. The van der Waals surface area contributed by atoms with E-state index in [9.17, 15) is 0 Å². The molecular formula is C15H24N2O2. The molecule has 1 aromatic carbocycles. The van der Waals surface area contributed by atoms with Crippen LogP contribution in [0.4, 0.5) is 11.4 Å². The fraction of sp³-hybridized carbons (Fsp3) is 0.600. The lowest BCUT2D eigenvalue weighted by Crippen LogP contribution is -2.22. The molecule has 0 radical (unpaired) electrons. The minimum atomic E-state index is 0.247. The summed E-state index contributed by atoms with van der Waals surface area (Å²) in [5.41, 5.74) is 9.19. The monoisotopic (exact) mass is 264 g/mol. The molecule has 0 saturated carbocycles. The van der Waals surface area contributed by atoms with Crippen molar-refractivity contribution in [1.82, 2.24) is 0 Å². The highest BCUT2D eigenvalue weighted by Gasteiger charge is 2.17. The summed E-state index contributed by atoms with van der Waals surface area (Å²) in [6.45, 7) is 4.47. The molecule has 1 atom stereocenters. The van der Waals surface area contributed by atoms with Crippen LogP contribution < -0.4 is 11.1 Å². The molecular weight excluding hydrogens is 240 g/mol. The predicted octanol–water partition coefficient (Wildman–Crippen LogP) is 2.61. The number of benzene rings is 1. The summed E-state index contributed by atoms with van der Waals surface area (Å²) >= 11 is 0. The smallest absolute Gasteiger partial charge is 0.0661 e. The van der Waals surface area contributed by atoms with Crippen LogP contribution in [0.15, 0.2) is 18.2 Å². The molecule has 1 fully saturated rings. The Morgan fingerprint density at radius 2 is 2.16 bits per heavy atom. The molecule has 0 bridgehead atoms. The van der Waals surface area contributed by atoms with E-state index >= 15 is 0 Å². The summed E-state index contributed by atoms with van der Waals surface area (Å²) in [6, 6.07) is 6.55. The van der Waals surface area contributed by atoms with Crippen molar-refractivity contribution in [3.63, 3.8) is 0 Å². The number of anilines is 2. The first-order valence-corrected chi connectivity index (χ1v) is 6.93. The number of hydrogen-bond acceptors (Lipinski definition) is 4. The highest BCUT2D eigenvalue weighted by Crippen LogP contribution is 2.31. The summed E-state index contributed by atoms with van der Waals surface area (Å²) < 4.78 is 10.6. The Morgan fingerprint density at radius 1 is 1.42 bits per heavy atom. The molecule has 0 amide bonds. The zero-order chi connectivity index (χ0) is 13.7. The lowest BCUT2D eigenvalue weighted by Gasteiger charge is -2.24. The molecule has 1 aliphatic rings. The number of hydrogen-bond donors (Lipinski definition) is 2. The minimum absolute atomic E-state index is 0.247. The molecule has 0 unspecified atom stereocenters. The molecule has 0 aromatic heterocycles. The van der Waals surface area contributed by atoms with Crippen molar-refractivity contribution in [2.75, 3.05) is 38.0 Å². The van der Waals surface area contributed by atoms with Crippen LogP contribution in [-0.2, 0) is 9.47 Å². The maximum atomic E-state index is 6.04. The van der Waals surface area contributed by atoms with Crippen molar-refractivity contribution in [3.8, 4) is 0 Å². The van der Waals surface area contributed by atoms with Crippen molar-refractivity contribution < 1.29 is 9.47 Å². The Bertz CT molecular complexity index is 403. The normalized spacial score (nSPS) is 18.2. The predicted molar refractivity (Wildman–Crippen MR) is 78.6 cm³/mol. The van der Waals surface area contributed by atoms with Gasteiger partial charge in [-0.15, -0.1) is 0 Å². The fourth-order valence-corrected chi connectivity index (χ4v) is 2.54. The first-order valence-electron chi connectivity index (χ1n) is 6.93. The van der Waals surface area contributed by atoms with Crippen LogP contribution in [0.2, 0.25) is 0 Å². The van der Waals surface area contributed by atoms with Crippen LogP contribution >= 0.6 is 0 Å². The van der Waals surface area contributed by atoms with Crippen molar-refractivity contribution in [2.45, 2.75) is 31.7 Å². The number of nitrogens with two attached hydrogens (primary N) is 1. The Hall–Kier alpha value is -1.26. The van der Waals surface area contributed by atoms with Crippen molar-refractivity contribution in [1.29, 1.82) is 0 Å². The Morgan fingerprint density at radius 3 is 2.84 bits per heavy atom. The first kappa shape index (κ1) is 14.2. The van der Waals surface area contributed by atoms with Gasteiger partial charge in [-0.25, -0.2) is 0 Å². The summed E-state index contributed by atoms with van der Waals surface area (Å²) in [6.07, 6.45) is 2.19. The highest BCUT2D eigenvalue weighted by molar-refractivity contribution is 5.67. The maximum Gasteiger partial charge on any atom is 0.0661 e. The number of rotatable bonds is 5. The van der Waals surface area contributed by atoms with Gasteiger partial charge < -0.3 is 20.5 Å². The SMILES string of the molecule is COC[C@H](C)Nc1cc(C2CCOCC2)ccc1N. The van der Waals surface area contributed by atoms with Gasteiger partial charge in [0.2, 0.25) is 0 Å². The fourth-order valence-electron chi connectivity index (χ4n) is 2.54. The molecule has 4 nitrogen and oxygen atoms in total. The quantitative estimate of drug-likeness (QED) is 0.803. The largest absolute Gasteiger partial charge is 0.397 e. The Labute approximate surface area is 115 Å². The van der Waals surface area contributed by atoms with Crippen LogP contribution in [0, 0.1) is 0 Å². The number of nitrogens with one attached hydrogen (secondary N) is 1. The second-order valence-electron chi connectivity index (χ2n) is 5.23. The summed E-state index contributed by atoms with van der Waals surface area (Å²) in [5.74, 6) is 0.590. The second kappa shape index (κ2) is 6.78. The molecule has 0 spiro atoms. The molecule has 1 aromatic rings. The molecule has 106 valence electrons. The van der Waals surface area contributed by atoms with Crippen LogP contribution in [0.3, 0.4) is 0 Å². The topological polar surface area (TPSA) is 56.5 Å². The van der Waals surface area contributed by atoms with Gasteiger partial charge in [0, 0.05) is 26.4 Å². The van der Waals surface area contributed by atoms with Crippen LogP contribution in [0.1, 0.15) is 31.2 Å². The summed E-state index contributed by atoms with van der Waals surface area (Å²) in [4.78, 5) is 0. The van der Waals surface area contributed by atoms with Gasteiger partial charge in [0.25, 0.3) is 0 Å². The van der Waals surface area contributed by atoms with Gasteiger partial charge in [0.1, 0.15) is 0 Å². The number of methoxy groups -OCH3 is 1. The molecule has 0 aliphatic carbocycles. The first-order chi connectivity index (χ1) is 9.20. The summed E-state index contributed by atoms with van der Waals surface area (Å²) in [7, 11) is 1.71. The minimum Gasteiger partial charge on any atom is -0.397 e. The van der Waals surface area contributed by atoms with Crippen LogP contribution in [0.25, 0.3) is 0 Å². The van der Waals surface area contributed by atoms with Crippen molar-refractivity contribution >= 4 is 11.4 Å². The third kappa shape index (κ3) is 3.85. The van der Waals surface area contributed by atoms with Gasteiger partial charge in [0.15, 0.2) is 0 Å². The molecule has 1 saturated heterocycles. The van der Waals surface area contributed by atoms with Gasteiger partial charge in [-0.3, -0.25) is 0 Å². The lowest BCUT2D eigenvalue weighted by atomic mass is 9.91. The van der Waals surface area contributed by atoms with E-state index < -0.39 is 0 Å². The molecule has 4 heteroatoms. The molecule has 19 heavy (non-hydrogen) atoms. The van der Waals surface area contributed by atoms with E-state index in [1.807, 2.05) is 6.07 Å². The van der Waals surface area contributed by atoms with E-state index in [1.54, 1.807) is 7.11 Å². The molecule has 3 N–H and O–H groups in total. The van der Waals surface area contributed by atoms with E-state index in [0.717, 1.165) is 37.4 Å². The van der Waals surface area contributed by atoms with E-state index in [-0.39, 0.29) is 6.04 Å². The third-order valence-electron chi connectivity index (χ3n) is 3.59. The number of ether oxygens (including phenoxy) is 2. The molecule has 1 aliphatic heterocycles. The zero-order valence-electron chi connectivity index (χ0n) is 11.8. The summed E-state index contributed by atoms with van der Waals surface area (Å²) in [5, 5.41) is 3.41. The van der Waals surface area contributed by atoms with Crippen LogP contribution in [-0.4, -0.2) is 33.0 Å². The van der Waals surface area contributed by atoms with E-state index in [4.69, 9.17) is 15.2 Å². The van der Waals surface area contributed by atoms with E-state index in [2.05, 4.69) is 24.4 Å². The van der Waals surface area contributed by atoms with E-state index in [0.29, 0.717) is 12.5 Å². The van der Waals surface area contributed by atoms with Gasteiger partial charge >= 0.3 is 0 Å². The molecule has 1 heterocycles. The van der Waals surface area contributed by atoms with Gasteiger partial charge in [-0.2, -0.15) is 0 Å². The van der Waals surface area contributed by atoms with Crippen molar-refractivity contribution in [3.05, 3.63) is 23.8 Å². The zero-order valence-corrected chi connectivity index (χ0v) is 11.8. The highest BCUT2D eigenvalue weighted by atomic mass is 16.5. The van der Waals surface area contributed by atoms with Gasteiger partial charge in [-0.05, 0) is 43.4 Å². The lowest BCUT2D eigenvalue weighted by molar-refractivity contribution is 0.0853. The van der Waals surface area contributed by atoms with E-state index in [1.165, 1.54) is 5.56 Å². The van der Waals surface area contributed by atoms with Crippen molar-refractivity contribution in [2.24, 2.45) is 0 Å². The maximum absolute atomic E-state index is 6.04. The Kier molecular flexibility index (Phi) is 5.05. The molecule has 2 rings (SSSR count). The van der Waals surface area contributed by atoms with Gasteiger partial charge in [-0.1, -0.05) is 6.07 Å². The second-order valence-corrected chi connectivity index (χ2v) is 5.23. The third-order valence-corrected chi connectivity index (χ3v) is 3.59. The Balaban J connectivity index is 2.09.